The van der Waals surface area contributed by atoms with E-state index in [1.807, 2.05) is 32.9 Å². The molecule has 8 heteroatoms. The second-order valence-electron chi connectivity index (χ2n) is 6.84. The molecule has 0 saturated carbocycles. The first-order valence-electron chi connectivity index (χ1n) is 9.05. The second kappa shape index (κ2) is 7.49. The lowest BCUT2D eigenvalue weighted by atomic mass is 10.0. The SMILES string of the molecule is CCC(C)(CC)OC(=O)OCC1CCC(c2ccc3c(N)ncnn23)O1. The third kappa shape index (κ3) is 3.75. The van der Waals surface area contributed by atoms with Crippen LogP contribution >= 0.6 is 0 Å². The van der Waals surface area contributed by atoms with Crippen molar-refractivity contribution in [2.75, 3.05) is 12.3 Å². The van der Waals surface area contributed by atoms with Crippen LogP contribution in [0.25, 0.3) is 5.52 Å². The molecule has 1 saturated heterocycles. The van der Waals surface area contributed by atoms with Crippen LogP contribution in [-0.2, 0) is 14.2 Å². The molecule has 3 rings (SSSR count). The highest BCUT2D eigenvalue weighted by molar-refractivity contribution is 5.65. The van der Waals surface area contributed by atoms with Crippen LogP contribution in [0.3, 0.4) is 0 Å². The smallest absolute Gasteiger partial charge is 0.432 e. The van der Waals surface area contributed by atoms with Gasteiger partial charge in [0.1, 0.15) is 30.2 Å². The third-order valence-electron chi connectivity index (χ3n) is 5.16. The summed E-state index contributed by atoms with van der Waals surface area (Å²) < 4.78 is 18.5. The molecule has 3 heterocycles. The maximum atomic E-state index is 11.9. The van der Waals surface area contributed by atoms with Crippen molar-refractivity contribution >= 4 is 17.5 Å². The number of ether oxygens (including phenoxy) is 3. The van der Waals surface area contributed by atoms with Crippen molar-refractivity contribution in [1.82, 2.24) is 14.6 Å². The number of nitrogen functional groups attached to an aromatic ring is 1. The van der Waals surface area contributed by atoms with Crippen molar-refractivity contribution in [3.8, 4) is 0 Å². The minimum atomic E-state index is -0.642. The monoisotopic (exact) mass is 362 g/mol. The number of anilines is 1. The van der Waals surface area contributed by atoms with Crippen LogP contribution in [0.15, 0.2) is 18.5 Å². The van der Waals surface area contributed by atoms with Crippen LogP contribution in [0.4, 0.5) is 10.6 Å². The van der Waals surface area contributed by atoms with Gasteiger partial charge in [0.25, 0.3) is 0 Å². The van der Waals surface area contributed by atoms with E-state index in [4.69, 9.17) is 19.9 Å². The van der Waals surface area contributed by atoms with Crippen molar-refractivity contribution in [2.24, 2.45) is 0 Å². The molecule has 0 aliphatic carbocycles. The normalized spacial score (nSPS) is 20.4. The molecule has 0 spiro atoms. The second-order valence-corrected chi connectivity index (χ2v) is 6.84. The van der Waals surface area contributed by atoms with Gasteiger partial charge in [0.2, 0.25) is 0 Å². The molecular weight excluding hydrogens is 336 g/mol. The lowest BCUT2D eigenvalue weighted by Gasteiger charge is -2.26. The summed E-state index contributed by atoms with van der Waals surface area (Å²) in [5.74, 6) is 0.432. The summed E-state index contributed by atoms with van der Waals surface area (Å²) in [7, 11) is 0. The number of carbonyl (C=O) groups is 1. The molecule has 0 aromatic carbocycles. The highest BCUT2D eigenvalue weighted by atomic mass is 16.7. The fraction of sp³-hybridized carbons (Fsp3) is 0.611. The first-order chi connectivity index (χ1) is 12.5. The van der Waals surface area contributed by atoms with E-state index in [9.17, 15) is 4.79 Å². The Kier molecular flexibility index (Phi) is 5.31. The van der Waals surface area contributed by atoms with Crippen molar-refractivity contribution in [3.05, 3.63) is 24.2 Å². The van der Waals surface area contributed by atoms with Gasteiger partial charge in [0.05, 0.1) is 11.8 Å². The molecule has 2 atom stereocenters. The minimum absolute atomic E-state index is 0.118. The molecule has 142 valence electrons. The standard InChI is InChI=1S/C18H26N4O4/c1-4-18(3,5-2)26-17(23)24-10-12-6-9-15(25-12)13-7-8-14-16(19)20-11-21-22(13)14/h7-8,11-12,15H,4-6,9-10H2,1-3H3,(H2,19,20,21). The van der Waals surface area contributed by atoms with E-state index in [0.29, 0.717) is 5.82 Å². The van der Waals surface area contributed by atoms with Crippen molar-refractivity contribution < 1.29 is 19.0 Å². The van der Waals surface area contributed by atoms with E-state index in [2.05, 4.69) is 10.1 Å². The Morgan fingerprint density at radius 3 is 2.88 bits per heavy atom. The highest BCUT2D eigenvalue weighted by Crippen LogP contribution is 2.34. The lowest BCUT2D eigenvalue weighted by Crippen LogP contribution is -2.31. The molecule has 2 aromatic rings. The summed E-state index contributed by atoms with van der Waals surface area (Å²) in [5, 5.41) is 4.25. The highest BCUT2D eigenvalue weighted by Gasteiger charge is 2.31. The van der Waals surface area contributed by atoms with Gasteiger partial charge >= 0.3 is 6.16 Å². The van der Waals surface area contributed by atoms with E-state index < -0.39 is 11.8 Å². The average Bonchev–Trinajstić information content (AvgIpc) is 3.27. The summed E-state index contributed by atoms with van der Waals surface area (Å²) in [6.45, 7) is 6.06. The Morgan fingerprint density at radius 1 is 1.38 bits per heavy atom. The zero-order valence-electron chi connectivity index (χ0n) is 15.5. The summed E-state index contributed by atoms with van der Waals surface area (Å²) in [6.07, 6.45) is 3.61. The lowest BCUT2D eigenvalue weighted by molar-refractivity contribution is -0.0535. The fourth-order valence-corrected chi connectivity index (χ4v) is 3.05. The molecule has 2 N–H and O–H groups in total. The Hall–Kier alpha value is -2.35. The molecule has 2 aromatic heterocycles. The van der Waals surface area contributed by atoms with Crippen LogP contribution in [0.2, 0.25) is 0 Å². The van der Waals surface area contributed by atoms with E-state index in [1.165, 1.54) is 6.33 Å². The maximum absolute atomic E-state index is 11.9. The summed E-state index contributed by atoms with van der Waals surface area (Å²) in [5.41, 5.74) is 7.06. The maximum Gasteiger partial charge on any atom is 0.508 e. The predicted octanol–water partition coefficient (Wildman–Crippen LogP) is 3.26. The summed E-state index contributed by atoms with van der Waals surface area (Å²) in [6, 6.07) is 3.82. The quantitative estimate of drug-likeness (QED) is 0.787. The van der Waals surface area contributed by atoms with Gasteiger partial charge in [-0.25, -0.2) is 14.3 Å². The predicted molar refractivity (Wildman–Crippen MR) is 95.7 cm³/mol. The van der Waals surface area contributed by atoms with E-state index in [0.717, 1.165) is 36.9 Å². The molecule has 1 aliphatic rings. The van der Waals surface area contributed by atoms with Gasteiger partial charge in [-0.1, -0.05) is 13.8 Å². The van der Waals surface area contributed by atoms with Crippen LogP contribution in [0.5, 0.6) is 0 Å². The molecule has 1 aliphatic heterocycles. The first-order valence-corrected chi connectivity index (χ1v) is 9.05. The molecule has 0 radical (unpaired) electrons. The Morgan fingerprint density at radius 2 is 2.15 bits per heavy atom. The number of carbonyl (C=O) groups excluding carboxylic acids is 1. The van der Waals surface area contributed by atoms with Gasteiger partial charge in [-0.2, -0.15) is 5.10 Å². The molecule has 26 heavy (non-hydrogen) atoms. The van der Waals surface area contributed by atoms with Crippen molar-refractivity contribution in [3.63, 3.8) is 0 Å². The molecular formula is C18H26N4O4. The van der Waals surface area contributed by atoms with Crippen LogP contribution < -0.4 is 5.73 Å². The Bertz CT molecular complexity index is 772. The van der Waals surface area contributed by atoms with E-state index >= 15 is 0 Å². The van der Waals surface area contributed by atoms with Gasteiger partial charge in [-0.15, -0.1) is 0 Å². The number of fused-ring (bicyclic) bond motifs is 1. The zero-order chi connectivity index (χ0) is 18.7. The number of nitrogens with two attached hydrogens (primary N) is 1. The van der Waals surface area contributed by atoms with Crippen LogP contribution in [-0.4, -0.2) is 39.1 Å². The van der Waals surface area contributed by atoms with Crippen LogP contribution in [0, 0.1) is 0 Å². The van der Waals surface area contributed by atoms with Crippen molar-refractivity contribution in [1.29, 1.82) is 0 Å². The zero-order valence-corrected chi connectivity index (χ0v) is 15.5. The molecule has 8 nitrogen and oxygen atoms in total. The number of aromatic nitrogens is 3. The first kappa shape index (κ1) is 18.4. The van der Waals surface area contributed by atoms with E-state index in [-0.39, 0.29) is 18.8 Å². The number of nitrogens with zero attached hydrogens (tertiary/aromatic N) is 3. The largest absolute Gasteiger partial charge is 0.508 e. The number of hydrogen-bond donors (Lipinski definition) is 1. The number of hydrogen-bond acceptors (Lipinski definition) is 7. The van der Waals surface area contributed by atoms with Gasteiger partial charge in [0, 0.05) is 0 Å². The number of rotatable bonds is 6. The van der Waals surface area contributed by atoms with Gasteiger partial charge in [-0.05, 0) is 44.7 Å². The topological polar surface area (TPSA) is 101 Å². The van der Waals surface area contributed by atoms with Crippen LogP contribution in [0.1, 0.15) is 58.3 Å². The average molecular weight is 362 g/mol. The van der Waals surface area contributed by atoms with Gasteiger partial charge in [-0.3, -0.25) is 0 Å². The molecule has 0 bridgehead atoms. The van der Waals surface area contributed by atoms with Gasteiger partial charge in [0.15, 0.2) is 5.82 Å². The molecule has 0 amide bonds. The Balaban J connectivity index is 1.56. The molecule has 1 fully saturated rings. The van der Waals surface area contributed by atoms with Gasteiger partial charge < -0.3 is 19.9 Å². The summed E-state index contributed by atoms with van der Waals surface area (Å²) in [4.78, 5) is 15.9. The Labute approximate surface area is 152 Å². The minimum Gasteiger partial charge on any atom is -0.432 e. The fourth-order valence-electron chi connectivity index (χ4n) is 3.05. The molecule has 2 unspecified atom stereocenters. The third-order valence-corrected chi connectivity index (χ3v) is 5.16. The van der Waals surface area contributed by atoms with E-state index in [1.54, 1.807) is 4.52 Å². The summed E-state index contributed by atoms with van der Waals surface area (Å²) >= 11 is 0. The van der Waals surface area contributed by atoms with Crippen molar-refractivity contribution in [2.45, 2.75) is 64.3 Å².